The maximum atomic E-state index is 13.8. The van der Waals surface area contributed by atoms with Crippen LogP contribution >= 0.6 is 0 Å². The average molecular weight is 375 g/mol. The Morgan fingerprint density at radius 3 is 2.72 bits per heavy atom. The fourth-order valence-corrected chi connectivity index (χ4v) is 4.84. The number of sulfonamides is 1. The Morgan fingerprint density at radius 2 is 2.04 bits per heavy atom. The smallest absolute Gasteiger partial charge is 0.324 e. The maximum absolute atomic E-state index is 13.8. The van der Waals surface area contributed by atoms with Crippen LogP contribution in [0.2, 0.25) is 0 Å². The van der Waals surface area contributed by atoms with Crippen LogP contribution in [-0.4, -0.2) is 39.6 Å². The first-order chi connectivity index (χ1) is 11.8. The van der Waals surface area contributed by atoms with Gasteiger partial charge in [-0.15, -0.1) is 0 Å². The molecule has 0 radical (unpaired) electrons. The molecule has 0 spiro atoms. The van der Waals surface area contributed by atoms with Crippen LogP contribution < -0.4 is 15.6 Å². The zero-order valence-corrected chi connectivity index (χ0v) is 14.3. The van der Waals surface area contributed by atoms with E-state index in [9.17, 15) is 22.0 Å². The van der Waals surface area contributed by atoms with Gasteiger partial charge >= 0.3 is 5.97 Å². The van der Waals surface area contributed by atoms with E-state index in [0.717, 1.165) is 12.1 Å². The molecule has 1 aliphatic carbocycles. The summed E-state index contributed by atoms with van der Waals surface area (Å²) in [6.45, 7) is 0. The van der Waals surface area contributed by atoms with Crippen molar-refractivity contribution in [1.29, 1.82) is 0 Å². The van der Waals surface area contributed by atoms with Gasteiger partial charge in [0.1, 0.15) is 22.6 Å². The minimum absolute atomic E-state index is 0.0346. The van der Waals surface area contributed by atoms with Gasteiger partial charge in [0.05, 0.1) is 7.11 Å². The van der Waals surface area contributed by atoms with Gasteiger partial charge in [-0.2, -0.15) is 0 Å². The summed E-state index contributed by atoms with van der Waals surface area (Å²) in [7, 11) is -2.84. The molecule has 1 heterocycles. The van der Waals surface area contributed by atoms with Crippen LogP contribution in [0.4, 0.5) is 8.78 Å². The van der Waals surface area contributed by atoms with Crippen LogP contribution in [0.3, 0.4) is 0 Å². The zero-order valence-electron chi connectivity index (χ0n) is 13.5. The van der Waals surface area contributed by atoms with Crippen LogP contribution in [0.5, 0.6) is 0 Å². The summed E-state index contributed by atoms with van der Waals surface area (Å²) in [5.41, 5.74) is 5.90. The first-order valence-corrected chi connectivity index (χ1v) is 9.36. The van der Waals surface area contributed by atoms with E-state index in [4.69, 9.17) is 4.74 Å². The van der Waals surface area contributed by atoms with Crippen molar-refractivity contribution in [2.24, 2.45) is 5.92 Å². The third kappa shape index (κ3) is 3.66. The molecule has 1 saturated heterocycles. The second-order valence-electron chi connectivity index (χ2n) is 6.27. The van der Waals surface area contributed by atoms with Gasteiger partial charge in [-0.05, 0) is 31.4 Å². The molecule has 4 unspecified atom stereocenters. The highest BCUT2D eigenvalue weighted by Gasteiger charge is 2.45. The first kappa shape index (κ1) is 18.2. The van der Waals surface area contributed by atoms with Crippen molar-refractivity contribution >= 4 is 16.0 Å². The lowest BCUT2D eigenvalue weighted by atomic mass is 9.79. The largest absolute Gasteiger partial charge is 0.468 e. The molecule has 10 heteroatoms. The van der Waals surface area contributed by atoms with Gasteiger partial charge in [0.2, 0.25) is 10.0 Å². The highest BCUT2D eigenvalue weighted by molar-refractivity contribution is 7.89. The molecule has 7 nitrogen and oxygen atoms in total. The maximum Gasteiger partial charge on any atom is 0.324 e. The van der Waals surface area contributed by atoms with Crippen LogP contribution in [0.25, 0.3) is 0 Å². The Balaban J connectivity index is 1.74. The van der Waals surface area contributed by atoms with E-state index in [-0.39, 0.29) is 12.0 Å². The third-order valence-corrected chi connectivity index (χ3v) is 6.27. The molecule has 2 aliphatic rings. The molecular weight excluding hydrogens is 356 g/mol. The lowest BCUT2D eigenvalue weighted by Gasteiger charge is -2.32. The van der Waals surface area contributed by atoms with Crippen molar-refractivity contribution in [2.45, 2.75) is 42.3 Å². The van der Waals surface area contributed by atoms with Crippen molar-refractivity contribution in [3.63, 3.8) is 0 Å². The summed E-state index contributed by atoms with van der Waals surface area (Å²) in [6, 6.07) is 1.34. The van der Waals surface area contributed by atoms with E-state index >= 15 is 0 Å². The number of hydrogen-bond acceptors (Lipinski definition) is 6. The molecule has 0 amide bonds. The number of ether oxygens (including phenoxy) is 1. The third-order valence-electron chi connectivity index (χ3n) is 4.71. The monoisotopic (exact) mass is 375 g/mol. The molecule has 3 rings (SSSR count). The Labute approximate surface area is 144 Å². The summed E-state index contributed by atoms with van der Waals surface area (Å²) in [6.07, 6.45) is 1.57. The lowest BCUT2D eigenvalue weighted by Crippen LogP contribution is -2.46. The topological polar surface area (TPSA) is 96.5 Å². The number of rotatable bonds is 4. The Bertz CT molecular complexity index is 774. The molecule has 3 N–H and O–H groups in total. The molecule has 1 saturated carbocycles. The number of nitrogens with one attached hydrogen (secondary N) is 3. The first-order valence-electron chi connectivity index (χ1n) is 7.88. The second-order valence-corrected chi connectivity index (χ2v) is 7.95. The van der Waals surface area contributed by atoms with Crippen molar-refractivity contribution in [3.8, 4) is 0 Å². The molecule has 1 aliphatic heterocycles. The van der Waals surface area contributed by atoms with E-state index in [0.29, 0.717) is 25.3 Å². The minimum Gasteiger partial charge on any atom is -0.468 e. The molecule has 1 aromatic carbocycles. The predicted molar refractivity (Wildman–Crippen MR) is 83.7 cm³/mol. The van der Waals surface area contributed by atoms with Gasteiger partial charge in [-0.25, -0.2) is 27.3 Å². The number of methoxy groups -OCH3 is 1. The van der Waals surface area contributed by atoms with Crippen LogP contribution in [-0.2, 0) is 19.6 Å². The number of fused-ring (bicyclic) bond motifs is 1. The quantitative estimate of drug-likeness (QED) is 0.661. The van der Waals surface area contributed by atoms with Crippen molar-refractivity contribution in [2.75, 3.05) is 7.11 Å². The fraction of sp³-hybridized carbons (Fsp3) is 0.533. The van der Waals surface area contributed by atoms with Crippen molar-refractivity contribution in [3.05, 3.63) is 29.8 Å². The van der Waals surface area contributed by atoms with Gasteiger partial charge in [0.25, 0.3) is 0 Å². The molecule has 138 valence electrons. The Kier molecular flexibility index (Phi) is 5.05. The van der Waals surface area contributed by atoms with E-state index in [1.54, 1.807) is 0 Å². The number of hydrogen-bond donors (Lipinski definition) is 3. The fourth-order valence-electron chi connectivity index (χ4n) is 3.50. The van der Waals surface area contributed by atoms with Gasteiger partial charge in [-0.1, -0.05) is 0 Å². The summed E-state index contributed by atoms with van der Waals surface area (Å²) in [5, 5.41) is 0. The number of benzene rings is 1. The second kappa shape index (κ2) is 6.94. The van der Waals surface area contributed by atoms with Gasteiger partial charge in [0.15, 0.2) is 0 Å². The normalized spacial score (nSPS) is 29.2. The summed E-state index contributed by atoms with van der Waals surface area (Å²) in [5.74, 6) is -2.56. The summed E-state index contributed by atoms with van der Waals surface area (Å²) in [4.78, 5) is 11.2. The predicted octanol–water partition coefficient (Wildman–Crippen LogP) is 0.430. The van der Waals surface area contributed by atoms with E-state index < -0.39 is 44.6 Å². The van der Waals surface area contributed by atoms with Gasteiger partial charge < -0.3 is 4.74 Å². The van der Waals surface area contributed by atoms with Crippen LogP contribution in [0, 0.1) is 17.6 Å². The van der Waals surface area contributed by atoms with E-state index in [1.165, 1.54) is 7.11 Å². The summed E-state index contributed by atoms with van der Waals surface area (Å²) < 4.78 is 58.8. The number of carbonyl (C=O) groups excluding carboxylic acids is 1. The zero-order chi connectivity index (χ0) is 18.2. The molecule has 4 atom stereocenters. The Hall–Kier alpha value is -1.62. The van der Waals surface area contributed by atoms with E-state index in [1.807, 2.05) is 0 Å². The highest BCUT2D eigenvalue weighted by atomic mass is 32.2. The molecule has 0 aromatic heterocycles. The SMILES string of the molecule is COC(=O)C1NNC2CCC(NS(=O)(=O)c3ccc(F)cc3F)CC21. The standard InChI is InChI=1S/C15H19F2N3O4S/c1-24-15(21)14-10-7-9(3-4-12(10)18-19-14)20-25(22,23)13-5-2-8(16)6-11(13)17/h2,5-6,9-10,12,14,18-20H,3-4,7H2,1H3. The molecule has 25 heavy (non-hydrogen) atoms. The number of esters is 1. The summed E-state index contributed by atoms with van der Waals surface area (Å²) >= 11 is 0. The highest BCUT2D eigenvalue weighted by Crippen LogP contribution is 2.32. The minimum atomic E-state index is -4.13. The van der Waals surface area contributed by atoms with E-state index in [2.05, 4.69) is 15.6 Å². The Morgan fingerprint density at radius 1 is 1.28 bits per heavy atom. The van der Waals surface area contributed by atoms with Crippen molar-refractivity contribution < 1.29 is 26.7 Å². The van der Waals surface area contributed by atoms with Crippen LogP contribution in [0.15, 0.2) is 23.1 Å². The number of carbonyl (C=O) groups is 1. The van der Waals surface area contributed by atoms with Crippen LogP contribution in [0.1, 0.15) is 19.3 Å². The number of halogens is 2. The van der Waals surface area contributed by atoms with Crippen molar-refractivity contribution in [1.82, 2.24) is 15.6 Å². The van der Waals surface area contributed by atoms with Gasteiger partial charge in [0, 0.05) is 24.1 Å². The number of hydrazine groups is 1. The molecule has 1 aromatic rings. The average Bonchev–Trinajstić information content (AvgIpc) is 2.96. The lowest BCUT2D eigenvalue weighted by molar-refractivity contribution is -0.144. The van der Waals surface area contributed by atoms with Gasteiger partial charge in [-0.3, -0.25) is 10.2 Å². The molecular formula is C15H19F2N3O4S. The molecule has 0 bridgehead atoms. The molecule has 2 fully saturated rings.